The summed E-state index contributed by atoms with van der Waals surface area (Å²) in [6, 6.07) is 4.77. The molecule has 174 valence electrons. The summed E-state index contributed by atoms with van der Waals surface area (Å²) in [4.78, 5) is 24.8. The van der Waals surface area contributed by atoms with E-state index in [-0.39, 0.29) is 5.91 Å². The maximum Gasteiger partial charge on any atom is 0.219 e. The summed E-state index contributed by atoms with van der Waals surface area (Å²) >= 11 is 1.84. The van der Waals surface area contributed by atoms with Crippen LogP contribution in [0.15, 0.2) is 22.5 Å². The third-order valence-corrected chi connectivity index (χ3v) is 7.41. The van der Waals surface area contributed by atoms with E-state index in [1.54, 1.807) is 6.92 Å². The molecule has 3 heterocycles. The molecule has 0 radical (unpaired) electrons. The first kappa shape index (κ1) is 24.0. The number of nitrogens with one attached hydrogen (secondary N) is 2. The first-order chi connectivity index (χ1) is 15.1. The zero-order valence-electron chi connectivity index (χ0n) is 19.5. The number of amides is 1. The van der Waals surface area contributed by atoms with Crippen molar-refractivity contribution in [2.24, 2.45) is 10.9 Å². The van der Waals surface area contributed by atoms with E-state index in [1.807, 2.05) is 16.2 Å². The van der Waals surface area contributed by atoms with Crippen LogP contribution in [0.4, 0.5) is 0 Å². The van der Waals surface area contributed by atoms with Gasteiger partial charge in [0.15, 0.2) is 5.96 Å². The summed E-state index contributed by atoms with van der Waals surface area (Å²) in [6.45, 7) is 15.5. The van der Waals surface area contributed by atoms with Crippen LogP contribution in [0.3, 0.4) is 0 Å². The van der Waals surface area contributed by atoms with Crippen LogP contribution < -0.4 is 10.6 Å². The maximum atomic E-state index is 11.5. The lowest BCUT2D eigenvalue weighted by Crippen LogP contribution is -2.50. The predicted octanol–water partition coefficient (Wildman–Crippen LogP) is 2.24. The second kappa shape index (κ2) is 12.4. The molecule has 0 saturated carbocycles. The van der Waals surface area contributed by atoms with Crippen LogP contribution in [0, 0.1) is 5.92 Å². The fourth-order valence-corrected chi connectivity index (χ4v) is 5.20. The average Bonchev–Trinajstić information content (AvgIpc) is 3.30. The van der Waals surface area contributed by atoms with Crippen molar-refractivity contribution in [1.82, 2.24) is 25.3 Å². The summed E-state index contributed by atoms with van der Waals surface area (Å²) in [5, 5.41) is 9.09. The Kier molecular flexibility index (Phi) is 9.61. The Morgan fingerprint density at radius 2 is 1.94 bits per heavy atom. The second-order valence-corrected chi connectivity index (χ2v) is 9.72. The lowest BCUT2D eigenvalue weighted by molar-refractivity contribution is -0.130. The van der Waals surface area contributed by atoms with E-state index in [9.17, 15) is 4.79 Å². The predicted molar refractivity (Wildman–Crippen MR) is 130 cm³/mol. The fourth-order valence-electron chi connectivity index (χ4n) is 4.34. The number of carbonyl (C=O) groups is 1. The monoisotopic (exact) mass is 448 g/mol. The maximum absolute atomic E-state index is 11.5. The fraction of sp³-hybridized carbons (Fsp3) is 0.739. The quantitative estimate of drug-likeness (QED) is 0.472. The lowest BCUT2D eigenvalue weighted by Gasteiger charge is -2.35. The van der Waals surface area contributed by atoms with Gasteiger partial charge in [-0.25, -0.2) is 0 Å². The molecule has 1 aromatic heterocycles. The van der Waals surface area contributed by atoms with E-state index in [0.717, 1.165) is 77.3 Å². The van der Waals surface area contributed by atoms with Crippen molar-refractivity contribution in [3.05, 3.63) is 22.4 Å². The van der Waals surface area contributed by atoms with Gasteiger partial charge in [-0.3, -0.25) is 19.6 Å². The molecule has 2 saturated heterocycles. The number of guanidine groups is 1. The second-order valence-electron chi connectivity index (χ2n) is 8.74. The summed E-state index contributed by atoms with van der Waals surface area (Å²) in [6.07, 6.45) is 2.56. The molecule has 3 rings (SSSR count). The standard InChI is InChI=1S/C23H40N6OS/c1-4-24-23(25-9-12-27-13-15-28(16-14-27)20(3)30)26-18-21(22-6-5-17-31-22)29-10-7-19(2)8-11-29/h5-6,17,19,21H,4,7-16,18H2,1-3H3,(H2,24,25,26). The molecule has 2 aliphatic rings. The van der Waals surface area contributed by atoms with Crippen LogP contribution in [0.5, 0.6) is 0 Å². The van der Waals surface area contributed by atoms with E-state index < -0.39 is 0 Å². The number of piperidine rings is 1. The zero-order chi connectivity index (χ0) is 22.1. The van der Waals surface area contributed by atoms with Crippen LogP contribution in [0.25, 0.3) is 0 Å². The van der Waals surface area contributed by atoms with Gasteiger partial charge in [0, 0.05) is 57.6 Å². The number of carbonyl (C=O) groups excluding carboxylic acids is 1. The lowest BCUT2D eigenvalue weighted by atomic mass is 9.97. The van der Waals surface area contributed by atoms with Gasteiger partial charge in [0.05, 0.1) is 12.6 Å². The Bertz CT molecular complexity index is 678. The van der Waals surface area contributed by atoms with Crippen molar-refractivity contribution in [1.29, 1.82) is 0 Å². The third kappa shape index (κ3) is 7.47. The van der Waals surface area contributed by atoms with Gasteiger partial charge in [-0.1, -0.05) is 13.0 Å². The molecule has 8 heteroatoms. The molecule has 7 nitrogen and oxygen atoms in total. The molecule has 1 atom stereocenters. The van der Waals surface area contributed by atoms with Gasteiger partial charge in [-0.2, -0.15) is 0 Å². The molecule has 1 aromatic rings. The average molecular weight is 449 g/mol. The minimum absolute atomic E-state index is 0.183. The number of hydrogen-bond donors (Lipinski definition) is 2. The SMILES string of the molecule is CCNC(=NCC(c1cccs1)N1CCC(C)CC1)NCCN1CCN(C(C)=O)CC1. The molecule has 0 aromatic carbocycles. The van der Waals surface area contributed by atoms with Crippen LogP contribution in [-0.2, 0) is 4.79 Å². The number of hydrogen-bond acceptors (Lipinski definition) is 5. The number of likely N-dealkylation sites (tertiary alicyclic amines) is 1. The highest BCUT2D eigenvalue weighted by atomic mass is 32.1. The molecule has 31 heavy (non-hydrogen) atoms. The van der Waals surface area contributed by atoms with Crippen LogP contribution >= 0.6 is 11.3 Å². The van der Waals surface area contributed by atoms with Crippen LogP contribution in [-0.4, -0.2) is 92.0 Å². The number of rotatable bonds is 8. The Hall–Kier alpha value is -1.64. The smallest absolute Gasteiger partial charge is 0.219 e. The molecular weight excluding hydrogens is 408 g/mol. The minimum Gasteiger partial charge on any atom is -0.357 e. The molecule has 2 aliphatic heterocycles. The minimum atomic E-state index is 0.183. The van der Waals surface area contributed by atoms with E-state index in [0.29, 0.717) is 6.04 Å². The van der Waals surface area contributed by atoms with Crippen molar-refractivity contribution in [3.63, 3.8) is 0 Å². The highest BCUT2D eigenvalue weighted by Gasteiger charge is 2.25. The summed E-state index contributed by atoms with van der Waals surface area (Å²) < 4.78 is 0. The summed E-state index contributed by atoms with van der Waals surface area (Å²) in [5.41, 5.74) is 0. The zero-order valence-corrected chi connectivity index (χ0v) is 20.3. The van der Waals surface area contributed by atoms with Crippen molar-refractivity contribution in [3.8, 4) is 0 Å². The number of aliphatic imine (C=N–C) groups is 1. The van der Waals surface area contributed by atoms with Crippen LogP contribution in [0.2, 0.25) is 0 Å². The largest absolute Gasteiger partial charge is 0.357 e. The molecule has 0 spiro atoms. The van der Waals surface area contributed by atoms with Gasteiger partial charge in [0.2, 0.25) is 5.91 Å². The molecule has 0 aliphatic carbocycles. The van der Waals surface area contributed by atoms with E-state index in [2.05, 4.69) is 51.8 Å². The Labute approximate surface area is 191 Å². The van der Waals surface area contributed by atoms with E-state index in [4.69, 9.17) is 4.99 Å². The first-order valence-corrected chi connectivity index (χ1v) is 12.7. The van der Waals surface area contributed by atoms with Gasteiger partial charge in [0.25, 0.3) is 0 Å². The van der Waals surface area contributed by atoms with Crippen molar-refractivity contribution >= 4 is 23.2 Å². The molecular formula is C23H40N6OS. The first-order valence-electron chi connectivity index (χ1n) is 11.8. The number of thiophene rings is 1. The number of nitrogens with zero attached hydrogens (tertiary/aromatic N) is 4. The van der Waals surface area contributed by atoms with Gasteiger partial charge in [0.1, 0.15) is 0 Å². The topological polar surface area (TPSA) is 63.2 Å². The van der Waals surface area contributed by atoms with Crippen molar-refractivity contribution in [2.45, 2.75) is 39.7 Å². The van der Waals surface area contributed by atoms with Crippen molar-refractivity contribution < 1.29 is 4.79 Å². The molecule has 2 N–H and O–H groups in total. The molecule has 0 bridgehead atoms. The summed E-state index contributed by atoms with van der Waals surface area (Å²) in [7, 11) is 0. The summed E-state index contributed by atoms with van der Waals surface area (Å²) in [5.74, 6) is 1.92. The van der Waals surface area contributed by atoms with Crippen LogP contribution in [0.1, 0.15) is 44.5 Å². The normalized spacial score (nSPS) is 20.6. The number of piperazine rings is 1. The molecule has 1 unspecified atom stereocenters. The highest BCUT2D eigenvalue weighted by molar-refractivity contribution is 7.10. The van der Waals surface area contributed by atoms with E-state index in [1.165, 1.54) is 17.7 Å². The van der Waals surface area contributed by atoms with Gasteiger partial charge >= 0.3 is 0 Å². The molecule has 2 fully saturated rings. The third-order valence-electron chi connectivity index (χ3n) is 6.44. The van der Waals surface area contributed by atoms with Gasteiger partial charge < -0.3 is 15.5 Å². The Morgan fingerprint density at radius 3 is 2.55 bits per heavy atom. The van der Waals surface area contributed by atoms with Gasteiger partial charge in [-0.05, 0) is 50.2 Å². The highest BCUT2D eigenvalue weighted by Crippen LogP contribution is 2.29. The Morgan fingerprint density at radius 1 is 1.19 bits per heavy atom. The van der Waals surface area contributed by atoms with Gasteiger partial charge in [-0.15, -0.1) is 11.3 Å². The molecule has 1 amide bonds. The van der Waals surface area contributed by atoms with Crippen molar-refractivity contribution in [2.75, 3.05) is 65.4 Å². The Balaban J connectivity index is 1.51. The van der Waals surface area contributed by atoms with E-state index >= 15 is 0 Å².